The van der Waals surface area contributed by atoms with Crippen LogP contribution in [0.5, 0.6) is 5.75 Å². The summed E-state index contributed by atoms with van der Waals surface area (Å²) in [6, 6.07) is -0.189. The summed E-state index contributed by atoms with van der Waals surface area (Å²) < 4.78 is 6.55. The molecule has 1 rings (SSSR count). The third-order valence-electron chi connectivity index (χ3n) is 3.04. The monoisotopic (exact) mass is 286 g/mol. The zero-order chi connectivity index (χ0) is 12.5. The zero-order valence-electron chi connectivity index (χ0n) is 10.2. The number of nitrogens with two attached hydrogens (primary N) is 2. The van der Waals surface area contributed by atoms with Gasteiger partial charge in [-0.15, -0.1) is 0 Å². The lowest BCUT2D eigenvalue weighted by Gasteiger charge is -2.22. The Morgan fingerprint density at radius 2 is 1.75 bits per heavy atom. The van der Waals surface area contributed by atoms with Gasteiger partial charge in [0.15, 0.2) is 0 Å². The summed E-state index contributed by atoms with van der Waals surface area (Å²) in [7, 11) is 1.67. The molecule has 0 heterocycles. The van der Waals surface area contributed by atoms with Crippen molar-refractivity contribution in [3.05, 3.63) is 26.7 Å². The molecule has 0 radical (unpaired) electrons. The van der Waals surface area contributed by atoms with Crippen molar-refractivity contribution in [1.82, 2.24) is 0 Å². The maximum atomic E-state index is 6.03. The largest absolute Gasteiger partial charge is 0.496 e. The highest BCUT2D eigenvalue weighted by Crippen LogP contribution is 2.38. The van der Waals surface area contributed by atoms with E-state index in [9.17, 15) is 0 Å². The predicted molar refractivity (Wildman–Crippen MR) is 70.9 cm³/mol. The van der Waals surface area contributed by atoms with Crippen LogP contribution < -0.4 is 16.2 Å². The number of benzene rings is 1. The highest BCUT2D eigenvalue weighted by atomic mass is 79.9. The Labute approximate surface area is 105 Å². The van der Waals surface area contributed by atoms with Gasteiger partial charge in [0.05, 0.1) is 7.11 Å². The lowest BCUT2D eigenvalue weighted by molar-refractivity contribution is 0.401. The van der Waals surface area contributed by atoms with E-state index in [0.29, 0.717) is 6.54 Å². The fourth-order valence-corrected chi connectivity index (χ4v) is 2.45. The summed E-state index contributed by atoms with van der Waals surface area (Å²) in [4.78, 5) is 0. The van der Waals surface area contributed by atoms with Crippen molar-refractivity contribution in [2.45, 2.75) is 26.8 Å². The Balaban J connectivity index is 3.57. The molecule has 1 unspecified atom stereocenters. The minimum atomic E-state index is -0.189. The van der Waals surface area contributed by atoms with Crippen molar-refractivity contribution < 1.29 is 4.74 Å². The Morgan fingerprint density at radius 3 is 2.19 bits per heavy atom. The van der Waals surface area contributed by atoms with E-state index >= 15 is 0 Å². The van der Waals surface area contributed by atoms with E-state index in [1.165, 1.54) is 5.56 Å². The van der Waals surface area contributed by atoms with Gasteiger partial charge < -0.3 is 16.2 Å². The summed E-state index contributed by atoms with van der Waals surface area (Å²) in [6.45, 7) is 6.54. The van der Waals surface area contributed by atoms with Crippen LogP contribution in [-0.2, 0) is 0 Å². The second-order valence-electron chi connectivity index (χ2n) is 3.98. The zero-order valence-corrected chi connectivity index (χ0v) is 11.8. The molecule has 1 aromatic carbocycles. The molecule has 0 aliphatic carbocycles. The molecule has 4 heteroatoms. The molecule has 0 bridgehead atoms. The average Bonchev–Trinajstić information content (AvgIpc) is 2.29. The van der Waals surface area contributed by atoms with Gasteiger partial charge in [-0.25, -0.2) is 0 Å². The summed E-state index contributed by atoms with van der Waals surface area (Å²) >= 11 is 3.59. The number of ether oxygens (including phenoxy) is 1. The molecule has 0 aromatic heterocycles. The number of halogens is 1. The van der Waals surface area contributed by atoms with Crippen LogP contribution >= 0.6 is 15.9 Å². The van der Waals surface area contributed by atoms with Crippen LogP contribution in [-0.4, -0.2) is 13.7 Å². The second-order valence-corrected chi connectivity index (χ2v) is 4.77. The minimum Gasteiger partial charge on any atom is -0.496 e. The van der Waals surface area contributed by atoms with E-state index in [4.69, 9.17) is 16.2 Å². The number of hydrogen-bond acceptors (Lipinski definition) is 3. The molecular weight excluding hydrogens is 268 g/mol. The molecule has 0 saturated heterocycles. The van der Waals surface area contributed by atoms with Crippen molar-refractivity contribution in [2.24, 2.45) is 11.5 Å². The van der Waals surface area contributed by atoms with E-state index < -0.39 is 0 Å². The third-order valence-corrected chi connectivity index (χ3v) is 4.23. The Bertz CT molecular complexity index is 405. The standard InChI is InChI=1S/C12H19BrN2O/c1-6-7(2)12(16-4)10(9(15)5-14)8(3)11(6)13/h9H,5,14-15H2,1-4H3. The SMILES string of the molecule is COc1c(C)c(C)c(Br)c(C)c1C(N)CN. The van der Waals surface area contributed by atoms with Gasteiger partial charge in [-0.2, -0.15) is 0 Å². The van der Waals surface area contributed by atoms with Crippen LogP contribution in [0.4, 0.5) is 0 Å². The quantitative estimate of drug-likeness (QED) is 0.897. The smallest absolute Gasteiger partial charge is 0.127 e. The van der Waals surface area contributed by atoms with E-state index in [1.807, 2.05) is 13.8 Å². The Kier molecular flexibility index (Phi) is 4.35. The molecule has 0 aliphatic heterocycles. The molecule has 3 nitrogen and oxygen atoms in total. The summed E-state index contributed by atoms with van der Waals surface area (Å²) in [6.07, 6.45) is 0. The molecular formula is C12H19BrN2O. The number of rotatable bonds is 3. The van der Waals surface area contributed by atoms with Crippen LogP contribution in [0.1, 0.15) is 28.3 Å². The van der Waals surface area contributed by atoms with Gasteiger partial charge in [0.2, 0.25) is 0 Å². The van der Waals surface area contributed by atoms with Gasteiger partial charge in [-0.3, -0.25) is 0 Å². The van der Waals surface area contributed by atoms with E-state index in [0.717, 1.165) is 26.9 Å². The van der Waals surface area contributed by atoms with Crippen LogP contribution in [0.3, 0.4) is 0 Å². The second kappa shape index (κ2) is 5.17. The van der Waals surface area contributed by atoms with Crippen molar-refractivity contribution in [2.75, 3.05) is 13.7 Å². The van der Waals surface area contributed by atoms with Gasteiger partial charge in [0, 0.05) is 22.6 Å². The predicted octanol–water partition coefficient (Wildman–Crippen LogP) is 2.34. The fraction of sp³-hybridized carbons (Fsp3) is 0.500. The highest BCUT2D eigenvalue weighted by Gasteiger charge is 2.20. The van der Waals surface area contributed by atoms with Crippen LogP contribution in [0.2, 0.25) is 0 Å². The number of methoxy groups -OCH3 is 1. The molecule has 1 aromatic rings. The number of hydrogen-bond donors (Lipinski definition) is 2. The lowest BCUT2D eigenvalue weighted by atomic mass is 9.94. The molecule has 0 amide bonds. The molecule has 0 aliphatic rings. The summed E-state index contributed by atoms with van der Waals surface area (Å²) in [5.41, 5.74) is 16.1. The normalized spacial score (nSPS) is 12.7. The first-order chi connectivity index (χ1) is 7.45. The first kappa shape index (κ1) is 13.5. The molecule has 4 N–H and O–H groups in total. The Hall–Kier alpha value is -0.580. The molecule has 0 fully saturated rings. The van der Waals surface area contributed by atoms with Crippen LogP contribution in [0, 0.1) is 20.8 Å². The van der Waals surface area contributed by atoms with Gasteiger partial charge in [-0.05, 0) is 37.5 Å². The first-order valence-electron chi connectivity index (χ1n) is 5.24. The summed E-state index contributed by atoms with van der Waals surface area (Å²) in [5, 5.41) is 0. The average molecular weight is 287 g/mol. The minimum absolute atomic E-state index is 0.189. The fourth-order valence-electron chi connectivity index (χ4n) is 1.93. The third kappa shape index (κ3) is 2.10. The molecule has 0 spiro atoms. The highest BCUT2D eigenvalue weighted by molar-refractivity contribution is 9.10. The van der Waals surface area contributed by atoms with Crippen LogP contribution in [0.25, 0.3) is 0 Å². The van der Waals surface area contributed by atoms with Crippen molar-refractivity contribution in [3.8, 4) is 5.75 Å². The van der Waals surface area contributed by atoms with Gasteiger partial charge in [-0.1, -0.05) is 15.9 Å². The molecule has 0 saturated carbocycles. The van der Waals surface area contributed by atoms with Crippen molar-refractivity contribution in [3.63, 3.8) is 0 Å². The lowest BCUT2D eigenvalue weighted by Crippen LogP contribution is -2.23. The molecule has 16 heavy (non-hydrogen) atoms. The van der Waals surface area contributed by atoms with Crippen molar-refractivity contribution in [1.29, 1.82) is 0 Å². The van der Waals surface area contributed by atoms with Gasteiger partial charge in [0.25, 0.3) is 0 Å². The maximum absolute atomic E-state index is 6.03. The Morgan fingerprint density at radius 1 is 1.19 bits per heavy atom. The molecule has 1 atom stereocenters. The van der Waals surface area contributed by atoms with Crippen molar-refractivity contribution >= 4 is 15.9 Å². The summed E-state index contributed by atoms with van der Waals surface area (Å²) in [5.74, 6) is 0.858. The van der Waals surface area contributed by atoms with E-state index in [2.05, 4.69) is 22.9 Å². The first-order valence-corrected chi connectivity index (χ1v) is 6.03. The van der Waals surface area contributed by atoms with Gasteiger partial charge in [0.1, 0.15) is 5.75 Å². The van der Waals surface area contributed by atoms with E-state index in [1.54, 1.807) is 7.11 Å². The maximum Gasteiger partial charge on any atom is 0.127 e. The van der Waals surface area contributed by atoms with E-state index in [-0.39, 0.29) is 6.04 Å². The van der Waals surface area contributed by atoms with Gasteiger partial charge >= 0.3 is 0 Å². The molecule has 90 valence electrons. The van der Waals surface area contributed by atoms with Crippen LogP contribution in [0.15, 0.2) is 4.47 Å². The topological polar surface area (TPSA) is 61.3 Å².